The lowest BCUT2D eigenvalue weighted by atomic mass is 10.2. The number of nitriles is 1. The van der Waals surface area contributed by atoms with Crippen molar-refractivity contribution < 1.29 is 4.92 Å². The molecule has 0 aliphatic carbocycles. The van der Waals surface area contributed by atoms with Gasteiger partial charge < -0.3 is 5.73 Å². The second kappa shape index (κ2) is 6.97. The molecule has 0 spiro atoms. The van der Waals surface area contributed by atoms with Crippen LogP contribution in [0.25, 0.3) is 6.08 Å². The number of thiophene rings is 1. The topological polar surface area (TPSA) is 93.0 Å². The van der Waals surface area contributed by atoms with Crippen LogP contribution in [-0.2, 0) is 6.42 Å². The lowest BCUT2D eigenvalue weighted by Gasteiger charge is -1.94. The summed E-state index contributed by atoms with van der Waals surface area (Å²) in [6.45, 7) is 2.03. The van der Waals surface area contributed by atoms with E-state index in [4.69, 9.17) is 23.2 Å². The minimum atomic E-state index is -0.397. The predicted octanol–water partition coefficient (Wildman–Crippen LogP) is 3.19. The van der Waals surface area contributed by atoms with Gasteiger partial charge in [-0.25, -0.2) is 0 Å². The number of hydrogen-bond donors (Lipinski definition) is 1. The van der Waals surface area contributed by atoms with E-state index in [1.807, 2.05) is 13.0 Å². The first kappa shape index (κ1) is 15.3. The van der Waals surface area contributed by atoms with Crippen molar-refractivity contribution in [3.05, 3.63) is 31.5 Å². The fourth-order valence-corrected chi connectivity index (χ4v) is 2.70. The summed E-state index contributed by atoms with van der Waals surface area (Å²) in [5, 5.41) is 19.8. The van der Waals surface area contributed by atoms with E-state index in [1.165, 1.54) is 23.5 Å². The first-order valence-corrected chi connectivity index (χ1v) is 6.90. The molecule has 0 bridgehead atoms. The molecule has 1 heterocycles. The smallest absolute Gasteiger partial charge is 0.283 e. The van der Waals surface area contributed by atoms with Gasteiger partial charge in [0.2, 0.25) is 0 Å². The normalized spacial score (nSPS) is 11.1. The van der Waals surface area contributed by atoms with Crippen molar-refractivity contribution in [2.24, 2.45) is 5.73 Å². The highest BCUT2D eigenvalue weighted by Gasteiger charge is 2.18. The number of nitrogens with zero attached hydrogens (tertiary/aromatic N) is 2. The molecule has 1 aromatic heterocycles. The molecule has 1 aromatic rings. The molecular formula is C12H13N3O2S2. The van der Waals surface area contributed by atoms with E-state index in [-0.39, 0.29) is 16.2 Å². The van der Waals surface area contributed by atoms with Crippen LogP contribution < -0.4 is 5.73 Å². The average Bonchev–Trinajstić information content (AvgIpc) is 2.76. The summed E-state index contributed by atoms with van der Waals surface area (Å²) < 4.78 is 0. The number of hydrogen-bond acceptors (Lipinski definition) is 5. The number of thiocarbonyl (C=S) groups is 1. The minimum absolute atomic E-state index is 0.00587. The van der Waals surface area contributed by atoms with Gasteiger partial charge in [0.25, 0.3) is 5.69 Å². The van der Waals surface area contributed by atoms with Crippen LogP contribution in [-0.4, -0.2) is 9.91 Å². The lowest BCUT2D eigenvalue weighted by molar-refractivity contribution is -0.385. The quantitative estimate of drug-likeness (QED) is 0.286. The largest absolute Gasteiger partial charge is 0.389 e. The van der Waals surface area contributed by atoms with E-state index in [9.17, 15) is 10.1 Å². The van der Waals surface area contributed by atoms with Crippen molar-refractivity contribution in [1.82, 2.24) is 0 Å². The van der Waals surface area contributed by atoms with Crippen LogP contribution in [0.2, 0.25) is 0 Å². The first-order chi connectivity index (χ1) is 8.99. The molecule has 0 amide bonds. The van der Waals surface area contributed by atoms with E-state index in [1.54, 1.807) is 0 Å². The molecule has 0 atom stereocenters. The molecule has 7 heteroatoms. The van der Waals surface area contributed by atoms with Crippen molar-refractivity contribution in [2.45, 2.75) is 26.2 Å². The summed E-state index contributed by atoms with van der Waals surface area (Å²) in [5.74, 6) is 0. The molecule has 0 fully saturated rings. The van der Waals surface area contributed by atoms with Crippen LogP contribution in [0.1, 0.15) is 29.5 Å². The Morgan fingerprint density at radius 2 is 2.42 bits per heavy atom. The molecule has 100 valence electrons. The Hall–Kier alpha value is -1.78. The zero-order valence-electron chi connectivity index (χ0n) is 10.4. The fourth-order valence-electron chi connectivity index (χ4n) is 1.48. The maximum Gasteiger partial charge on any atom is 0.283 e. The highest BCUT2D eigenvalue weighted by Crippen LogP contribution is 2.31. The number of unbranched alkanes of at least 4 members (excludes halogenated alkanes) is 1. The monoisotopic (exact) mass is 295 g/mol. The summed E-state index contributed by atoms with van der Waals surface area (Å²) >= 11 is 6.04. The minimum Gasteiger partial charge on any atom is -0.389 e. The summed E-state index contributed by atoms with van der Waals surface area (Å²) in [6.07, 6.45) is 4.02. The SMILES string of the molecule is CCCCc1sc(/C=C(\C#N)C(N)=S)cc1[N+](=O)[O-]. The standard InChI is InChI=1S/C12H13N3O2S2/c1-2-3-4-11-10(15(16)17)6-9(19-11)5-8(7-13)12(14)18/h5-6H,2-4H2,1H3,(H2,14,18)/b8-5+. The van der Waals surface area contributed by atoms with Crippen molar-refractivity contribution in [1.29, 1.82) is 5.26 Å². The van der Waals surface area contributed by atoms with Gasteiger partial charge in [-0.2, -0.15) is 5.26 Å². The Labute approximate surface area is 120 Å². The van der Waals surface area contributed by atoms with Gasteiger partial charge in [-0.05, 0) is 18.9 Å². The summed E-state index contributed by atoms with van der Waals surface area (Å²) in [4.78, 5) is 11.9. The molecule has 0 unspecified atom stereocenters. The number of nitro groups is 1. The van der Waals surface area contributed by atoms with Gasteiger partial charge in [0, 0.05) is 10.9 Å². The second-order valence-corrected chi connectivity index (χ2v) is 5.46. The van der Waals surface area contributed by atoms with E-state index in [2.05, 4.69) is 0 Å². The zero-order chi connectivity index (χ0) is 14.4. The highest BCUT2D eigenvalue weighted by atomic mass is 32.1. The molecule has 1 rings (SSSR count). The van der Waals surface area contributed by atoms with Gasteiger partial charge in [-0.1, -0.05) is 25.6 Å². The Balaban J connectivity index is 3.14. The maximum atomic E-state index is 11.0. The number of aryl methyl sites for hydroxylation is 1. The average molecular weight is 295 g/mol. The van der Waals surface area contributed by atoms with Crippen LogP contribution in [0.3, 0.4) is 0 Å². The van der Waals surface area contributed by atoms with Gasteiger partial charge in [0.15, 0.2) is 0 Å². The molecule has 0 radical (unpaired) electrons. The molecule has 0 aliphatic heterocycles. The molecule has 19 heavy (non-hydrogen) atoms. The summed E-state index contributed by atoms with van der Waals surface area (Å²) in [6, 6.07) is 3.35. The van der Waals surface area contributed by atoms with Crippen LogP contribution in [0, 0.1) is 21.4 Å². The first-order valence-electron chi connectivity index (χ1n) is 5.68. The van der Waals surface area contributed by atoms with Gasteiger partial charge in [0.05, 0.1) is 15.4 Å². The van der Waals surface area contributed by atoms with Gasteiger partial charge in [0.1, 0.15) is 11.1 Å². The van der Waals surface area contributed by atoms with Crippen molar-refractivity contribution >= 4 is 40.3 Å². The zero-order valence-corrected chi connectivity index (χ0v) is 12.0. The second-order valence-electron chi connectivity index (χ2n) is 3.85. The number of rotatable bonds is 6. The maximum absolute atomic E-state index is 11.0. The molecule has 5 nitrogen and oxygen atoms in total. The fraction of sp³-hybridized carbons (Fsp3) is 0.333. The van der Waals surface area contributed by atoms with Crippen LogP contribution >= 0.6 is 23.6 Å². The van der Waals surface area contributed by atoms with Crippen molar-refractivity contribution in [3.63, 3.8) is 0 Å². The van der Waals surface area contributed by atoms with Crippen LogP contribution in [0.15, 0.2) is 11.6 Å². The van der Waals surface area contributed by atoms with E-state index in [0.29, 0.717) is 11.3 Å². The molecule has 0 saturated carbocycles. The molecule has 0 aromatic carbocycles. The molecular weight excluding hydrogens is 282 g/mol. The lowest BCUT2D eigenvalue weighted by Crippen LogP contribution is -2.09. The number of nitrogens with two attached hydrogens (primary N) is 1. The third-order valence-corrected chi connectivity index (χ3v) is 3.78. The Morgan fingerprint density at radius 3 is 2.89 bits per heavy atom. The Bertz CT molecular complexity index is 570. The van der Waals surface area contributed by atoms with Gasteiger partial charge in [-0.3, -0.25) is 10.1 Å². The Kier molecular flexibility index (Phi) is 5.60. The predicted molar refractivity (Wildman–Crippen MR) is 80.0 cm³/mol. The van der Waals surface area contributed by atoms with E-state index in [0.717, 1.165) is 17.7 Å². The Morgan fingerprint density at radius 1 is 1.74 bits per heavy atom. The van der Waals surface area contributed by atoms with Crippen molar-refractivity contribution in [3.8, 4) is 6.07 Å². The summed E-state index contributed by atoms with van der Waals surface area (Å²) in [7, 11) is 0. The van der Waals surface area contributed by atoms with Gasteiger partial charge >= 0.3 is 0 Å². The van der Waals surface area contributed by atoms with E-state index < -0.39 is 4.92 Å². The molecule has 0 saturated heterocycles. The third kappa shape index (κ3) is 4.12. The van der Waals surface area contributed by atoms with Crippen LogP contribution in [0.5, 0.6) is 0 Å². The molecule has 0 aliphatic rings. The van der Waals surface area contributed by atoms with Crippen LogP contribution in [0.4, 0.5) is 5.69 Å². The summed E-state index contributed by atoms with van der Waals surface area (Å²) in [5.41, 5.74) is 5.65. The highest BCUT2D eigenvalue weighted by molar-refractivity contribution is 7.80. The third-order valence-electron chi connectivity index (χ3n) is 2.43. The van der Waals surface area contributed by atoms with Crippen molar-refractivity contribution in [2.75, 3.05) is 0 Å². The molecule has 2 N–H and O–H groups in total. The van der Waals surface area contributed by atoms with Gasteiger partial charge in [-0.15, -0.1) is 11.3 Å². The van der Waals surface area contributed by atoms with E-state index >= 15 is 0 Å².